The van der Waals surface area contributed by atoms with Crippen molar-refractivity contribution in [3.8, 4) is 22.5 Å². The molecule has 0 radical (unpaired) electrons. The van der Waals surface area contributed by atoms with E-state index >= 15 is 0 Å². The highest BCUT2D eigenvalue weighted by molar-refractivity contribution is 5.98. The van der Waals surface area contributed by atoms with Gasteiger partial charge in [0.05, 0.1) is 28.6 Å². The van der Waals surface area contributed by atoms with Crippen LogP contribution in [0.3, 0.4) is 0 Å². The third kappa shape index (κ3) is 3.87. The monoisotopic (exact) mass is 458 g/mol. The van der Waals surface area contributed by atoms with Crippen LogP contribution < -0.4 is 11.1 Å². The fraction of sp³-hybridized carbons (Fsp3) is 0.107. The van der Waals surface area contributed by atoms with E-state index in [1.807, 2.05) is 72.8 Å². The van der Waals surface area contributed by atoms with Gasteiger partial charge in [0.25, 0.3) is 5.91 Å². The van der Waals surface area contributed by atoms with Gasteiger partial charge in [-0.25, -0.2) is 9.97 Å². The van der Waals surface area contributed by atoms with E-state index in [9.17, 15) is 4.79 Å². The molecule has 1 aliphatic carbocycles. The van der Waals surface area contributed by atoms with Crippen molar-refractivity contribution in [3.63, 3.8) is 0 Å². The molecule has 7 nitrogen and oxygen atoms in total. The van der Waals surface area contributed by atoms with Gasteiger partial charge in [0.2, 0.25) is 0 Å². The normalized spacial score (nSPS) is 14.6. The van der Waals surface area contributed by atoms with Crippen LogP contribution in [-0.2, 0) is 6.42 Å². The van der Waals surface area contributed by atoms with Crippen LogP contribution in [0.15, 0.2) is 85.2 Å². The highest BCUT2D eigenvalue weighted by Crippen LogP contribution is 2.33. The molecule has 1 unspecified atom stereocenters. The van der Waals surface area contributed by atoms with Crippen molar-refractivity contribution in [2.45, 2.75) is 18.9 Å². The fourth-order valence-electron chi connectivity index (χ4n) is 4.62. The van der Waals surface area contributed by atoms with E-state index in [1.54, 1.807) is 12.4 Å². The number of aromatic nitrogens is 4. The van der Waals surface area contributed by atoms with Crippen LogP contribution in [0.4, 0.5) is 5.82 Å². The molecule has 0 spiro atoms. The van der Waals surface area contributed by atoms with Gasteiger partial charge in [0.1, 0.15) is 0 Å². The maximum absolute atomic E-state index is 13.3. The summed E-state index contributed by atoms with van der Waals surface area (Å²) in [7, 11) is 0. The Morgan fingerprint density at radius 3 is 2.54 bits per heavy atom. The van der Waals surface area contributed by atoms with Crippen LogP contribution in [-0.4, -0.2) is 25.8 Å². The van der Waals surface area contributed by atoms with Crippen molar-refractivity contribution >= 4 is 22.6 Å². The Morgan fingerprint density at radius 1 is 0.857 bits per heavy atom. The first kappa shape index (κ1) is 20.9. The first-order valence-electron chi connectivity index (χ1n) is 11.5. The molecular weight excluding hydrogens is 436 g/mol. The van der Waals surface area contributed by atoms with Gasteiger partial charge in [-0.1, -0.05) is 48.5 Å². The summed E-state index contributed by atoms with van der Waals surface area (Å²) in [4.78, 5) is 31.7. The highest BCUT2D eigenvalue weighted by Gasteiger charge is 2.27. The molecule has 0 saturated carbocycles. The predicted molar refractivity (Wildman–Crippen MR) is 135 cm³/mol. The Kier molecular flexibility index (Phi) is 5.15. The molecule has 0 aliphatic heterocycles. The molecule has 6 rings (SSSR count). The Morgan fingerprint density at radius 2 is 1.66 bits per heavy atom. The third-order valence-electron chi connectivity index (χ3n) is 6.33. The number of carbonyl (C=O) groups excluding carboxylic acids is 1. The number of nitrogens with zero attached hydrogens (tertiary/aromatic N) is 4. The SMILES string of the molecule is Nc1nc(-c2ccccc2)c(-c2ccc3ncccc3c2)nc1C(=O)NC1CCc2cccnc21. The number of anilines is 1. The lowest BCUT2D eigenvalue weighted by Gasteiger charge is -2.16. The van der Waals surface area contributed by atoms with Crippen LogP contribution >= 0.6 is 0 Å². The molecule has 0 fully saturated rings. The van der Waals surface area contributed by atoms with Crippen molar-refractivity contribution < 1.29 is 4.79 Å². The zero-order chi connectivity index (χ0) is 23.8. The van der Waals surface area contributed by atoms with E-state index in [0.717, 1.165) is 46.1 Å². The Hall–Kier alpha value is -4.65. The topological polar surface area (TPSA) is 107 Å². The number of hydrogen-bond acceptors (Lipinski definition) is 6. The van der Waals surface area contributed by atoms with E-state index in [4.69, 9.17) is 10.7 Å². The van der Waals surface area contributed by atoms with Crippen LogP contribution in [0.5, 0.6) is 0 Å². The molecule has 170 valence electrons. The lowest BCUT2D eigenvalue weighted by atomic mass is 10.0. The lowest BCUT2D eigenvalue weighted by molar-refractivity contribution is 0.0931. The second kappa shape index (κ2) is 8.61. The van der Waals surface area contributed by atoms with Gasteiger partial charge in [-0.2, -0.15) is 0 Å². The number of nitrogens with one attached hydrogen (secondary N) is 1. The molecule has 3 heterocycles. The standard InChI is InChI=1S/C28H22N6O/c29-27-26(28(35)32-22-13-10-18-8-4-15-31-23(18)22)33-25(24(34-27)17-6-2-1-3-7-17)20-11-12-21-19(16-20)9-5-14-30-21/h1-9,11-12,14-16,22H,10,13H2,(H2,29,34)(H,32,35). The number of carbonyl (C=O) groups is 1. The van der Waals surface area contributed by atoms with Crippen LogP contribution in [0.25, 0.3) is 33.4 Å². The summed E-state index contributed by atoms with van der Waals surface area (Å²) >= 11 is 0. The summed E-state index contributed by atoms with van der Waals surface area (Å²) in [5.41, 5.74) is 12.3. The minimum absolute atomic E-state index is 0.0896. The average Bonchev–Trinajstić information content (AvgIpc) is 3.31. The average molecular weight is 459 g/mol. The lowest BCUT2D eigenvalue weighted by Crippen LogP contribution is -2.29. The summed E-state index contributed by atoms with van der Waals surface area (Å²) in [6.45, 7) is 0. The molecule has 0 saturated heterocycles. The summed E-state index contributed by atoms with van der Waals surface area (Å²) in [6.07, 6.45) is 5.17. The Balaban J connectivity index is 1.44. The van der Waals surface area contributed by atoms with Crippen molar-refractivity contribution in [2.75, 3.05) is 5.73 Å². The fourth-order valence-corrected chi connectivity index (χ4v) is 4.62. The van der Waals surface area contributed by atoms with E-state index in [2.05, 4.69) is 20.3 Å². The zero-order valence-electron chi connectivity index (χ0n) is 18.8. The van der Waals surface area contributed by atoms with Gasteiger partial charge in [-0.3, -0.25) is 14.8 Å². The van der Waals surface area contributed by atoms with Gasteiger partial charge in [-0.05, 0) is 42.7 Å². The Labute approximate surface area is 202 Å². The molecule has 2 aromatic carbocycles. The van der Waals surface area contributed by atoms with Crippen molar-refractivity contribution in [1.82, 2.24) is 25.3 Å². The highest BCUT2D eigenvalue weighted by atomic mass is 16.2. The number of hydrogen-bond donors (Lipinski definition) is 2. The number of nitrogen functional groups attached to an aromatic ring is 1. The maximum atomic E-state index is 13.3. The molecule has 1 amide bonds. The smallest absolute Gasteiger partial charge is 0.274 e. The first-order valence-corrected chi connectivity index (χ1v) is 11.5. The van der Waals surface area contributed by atoms with E-state index in [-0.39, 0.29) is 23.5 Å². The van der Waals surface area contributed by atoms with Crippen molar-refractivity contribution in [1.29, 1.82) is 0 Å². The number of amides is 1. The second-order valence-corrected chi connectivity index (χ2v) is 8.54. The number of rotatable bonds is 4. The van der Waals surface area contributed by atoms with Gasteiger partial charge >= 0.3 is 0 Å². The molecule has 5 aromatic rings. The van der Waals surface area contributed by atoms with Crippen LogP contribution in [0.1, 0.15) is 34.2 Å². The predicted octanol–water partition coefficient (Wildman–Crippen LogP) is 4.75. The molecule has 0 bridgehead atoms. The zero-order valence-corrected chi connectivity index (χ0v) is 18.8. The molecule has 1 aliphatic rings. The molecule has 1 atom stereocenters. The number of benzene rings is 2. The summed E-state index contributed by atoms with van der Waals surface area (Å²) < 4.78 is 0. The molecule has 35 heavy (non-hydrogen) atoms. The van der Waals surface area contributed by atoms with Crippen LogP contribution in [0.2, 0.25) is 0 Å². The van der Waals surface area contributed by atoms with Crippen molar-refractivity contribution in [3.05, 3.63) is 102 Å². The van der Waals surface area contributed by atoms with E-state index < -0.39 is 0 Å². The summed E-state index contributed by atoms with van der Waals surface area (Å²) in [5, 5.41) is 4.04. The van der Waals surface area contributed by atoms with Gasteiger partial charge in [0, 0.05) is 28.9 Å². The van der Waals surface area contributed by atoms with E-state index in [1.165, 1.54) is 0 Å². The largest absolute Gasteiger partial charge is 0.382 e. The van der Waals surface area contributed by atoms with Gasteiger partial charge in [-0.15, -0.1) is 0 Å². The maximum Gasteiger partial charge on any atom is 0.274 e. The number of fused-ring (bicyclic) bond motifs is 2. The van der Waals surface area contributed by atoms with Gasteiger partial charge in [0.15, 0.2) is 11.5 Å². The van der Waals surface area contributed by atoms with E-state index in [0.29, 0.717) is 11.4 Å². The van der Waals surface area contributed by atoms with Crippen LogP contribution in [0, 0.1) is 0 Å². The summed E-state index contributed by atoms with van der Waals surface area (Å²) in [5.74, 6) is -0.270. The summed E-state index contributed by atoms with van der Waals surface area (Å²) in [6, 6.07) is 23.3. The number of pyridine rings is 2. The van der Waals surface area contributed by atoms with Crippen molar-refractivity contribution in [2.24, 2.45) is 0 Å². The molecular formula is C28H22N6O. The molecule has 3 N–H and O–H groups in total. The number of aryl methyl sites for hydroxylation is 1. The number of nitrogens with two attached hydrogens (primary N) is 1. The third-order valence-corrected chi connectivity index (χ3v) is 6.33. The van der Waals surface area contributed by atoms with Gasteiger partial charge < -0.3 is 11.1 Å². The second-order valence-electron chi connectivity index (χ2n) is 8.54. The first-order chi connectivity index (χ1) is 17.2. The molecule has 7 heteroatoms. The minimum Gasteiger partial charge on any atom is -0.382 e. The quantitative estimate of drug-likeness (QED) is 0.402. The Bertz CT molecular complexity index is 1570. The minimum atomic E-state index is -0.359. The molecule has 3 aromatic heterocycles.